The van der Waals surface area contributed by atoms with Gasteiger partial charge in [0, 0.05) is 6.08 Å². The molecular weight excluding hydrogens is 356 g/mol. The third-order valence-corrected chi connectivity index (χ3v) is 3.57. The van der Waals surface area contributed by atoms with Crippen molar-refractivity contribution in [2.24, 2.45) is 0 Å². The van der Waals surface area contributed by atoms with E-state index in [9.17, 15) is 4.79 Å². The van der Waals surface area contributed by atoms with Gasteiger partial charge in [0.2, 0.25) is 0 Å². The van der Waals surface area contributed by atoms with Crippen molar-refractivity contribution in [2.45, 2.75) is 6.61 Å². The summed E-state index contributed by atoms with van der Waals surface area (Å²) in [6, 6.07) is 15.6. The van der Waals surface area contributed by atoms with Crippen LogP contribution in [0.1, 0.15) is 11.1 Å². The fourth-order valence-corrected chi connectivity index (χ4v) is 2.34. The first-order chi connectivity index (χ1) is 11.2. The van der Waals surface area contributed by atoms with Crippen LogP contribution in [0.2, 0.25) is 0 Å². The number of esters is 1. The van der Waals surface area contributed by atoms with Crippen LogP contribution in [0, 0.1) is 0 Å². The zero-order valence-corrected chi connectivity index (χ0v) is 14.2. The van der Waals surface area contributed by atoms with E-state index in [2.05, 4.69) is 22.5 Å². The predicted molar refractivity (Wildman–Crippen MR) is 95.1 cm³/mol. The highest BCUT2D eigenvalue weighted by molar-refractivity contribution is 9.10. The van der Waals surface area contributed by atoms with Gasteiger partial charge in [0.05, 0.1) is 4.47 Å². The summed E-state index contributed by atoms with van der Waals surface area (Å²) in [6.45, 7) is 4.20. The van der Waals surface area contributed by atoms with E-state index >= 15 is 0 Å². The molecule has 0 radical (unpaired) electrons. The van der Waals surface area contributed by atoms with E-state index in [0.29, 0.717) is 6.61 Å². The Labute approximate surface area is 144 Å². The second-order valence-corrected chi connectivity index (χ2v) is 5.57. The molecule has 2 aromatic carbocycles. The summed E-state index contributed by atoms with van der Waals surface area (Å²) < 4.78 is 11.5. The van der Waals surface area contributed by atoms with Crippen LogP contribution < -0.4 is 4.74 Å². The topological polar surface area (TPSA) is 35.5 Å². The Bertz CT molecular complexity index is 693. The van der Waals surface area contributed by atoms with Crippen molar-refractivity contribution in [3.63, 3.8) is 0 Å². The maximum atomic E-state index is 11.4. The van der Waals surface area contributed by atoms with Crippen LogP contribution in [0.25, 0.3) is 6.08 Å². The highest BCUT2D eigenvalue weighted by Crippen LogP contribution is 2.27. The van der Waals surface area contributed by atoms with Crippen molar-refractivity contribution < 1.29 is 14.3 Å². The lowest BCUT2D eigenvalue weighted by Gasteiger charge is -2.09. The maximum absolute atomic E-state index is 11.4. The summed E-state index contributed by atoms with van der Waals surface area (Å²) >= 11 is 3.48. The Morgan fingerprint density at radius 1 is 1.17 bits per heavy atom. The van der Waals surface area contributed by atoms with Gasteiger partial charge in [0.15, 0.2) is 0 Å². The number of benzene rings is 2. The van der Waals surface area contributed by atoms with Gasteiger partial charge in [-0.05, 0) is 45.3 Å². The molecule has 0 unspecified atom stereocenters. The second-order valence-electron chi connectivity index (χ2n) is 4.72. The quantitative estimate of drug-likeness (QED) is 0.398. The molecule has 0 bridgehead atoms. The molecular formula is C19H17BrO3. The van der Waals surface area contributed by atoms with Gasteiger partial charge >= 0.3 is 5.97 Å². The van der Waals surface area contributed by atoms with Gasteiger partial charge in [-0.3, -0.25) is 0 Å². The standard InChI is InChI=1S/C19H17BrO3/c1-2-12-22-19(21)11-9-15-8-10-18(17(20)13-15)23-14-16-6-4-3-5-7-16/h2-11,13H,1,12,14H2/b11-9+. The Kier molecular flexibility index (Phi) is 6.63. The van der Waals surface area contributed by atoms with Crippen LogP contribution >= 0.6 is 15.9 Å². The van der Waals surface area contributed by atoms with Crippen LogP contribution in [0.4, 0.5) is 0 Å². The lowest BCUT2D eigenvalue weighted by atomic mass is 10.2. The molecule has 0 amide bonds. The third kappa shape index (κ3) is 5.75. The van der Waals surface area contributed by atoms with Gasteiger partial charge in [-0.25, -0.2) is 4.79 Å². The molecule has 2 rings (SSSR count). The summed E-state index contributed by atoms with van der Waals surface area (Å²) in [4.78, 5) is 11.4. The van der Waals surface area contributed by atoms with E-state index < -0.39 is 5.97 Å². The smallest absolute Gasteiger partial charge is 0.331 e. The van der Waals surface area contributed by atoms with Crippen LogP contribution in [-0.2, 0) is 16.1 Å². The number of hydrogen-bond donors (Lipinski definition) is 0. The molecule has 0 aromatic heterocycles. The van der Waals surface area contributed by atoms with E-state index in [1.807, 2.05) is 48.5 Å². The zero-order chi connectivity index (χ0) is 16.5. The monoisotopic (exact) mass is 372 g/mol. The van der Waals surface area contributed by atoms with Crippen LogP contribution in [0.3, 0.4) is 0 Å². The van der Waals surface area contributed by atoms with Crippen molar-refractivity contribution >= 4 is 28.0 Å². The van der Waals surface area contributed by atoms with Gasteiger partial charge in [0.1, 0.15) is 19.0 Å². The van der Waals surface area contributed by atoms with E-state index in [0.717, 1.165) is 21.3 Å². The summed E-state index contributed by atoms with van der Waals surface area (Å²) in [5, 5.41) is 0. The Morgan fingerprint density at radius 2 is 1.96 bits per heavy atom. The molecule has 0 spiro atoms. The van der Waals surface area contributed by atoms with Crippen LogP contribution in [0.5, 0.6) is 5.75 Å². The van der Waals surface area contributed by atoms with E-state index in [-0.39, 0.29) is 6.61 Å². The first-order valence-corrected chi connectivity index (χ1v) is 7.90. The molecule has 2 aromatic rings. The molecule has 3 nitrogen and oxygen atoms in total. The number of halogens is 1. The number of carbonyl (C=O) groups is 1. The molecule has 0 aliphatic carbocycles. The molecule has 0 saturated heterocycles. The van der Waals surface area contributed by atoms with Gasteiger partial charge in [-0.1, -0.05) is 49.1 Å². The van der Waals surface area contributed by atoms with E-state index in [1.54, 1.807) is 6.08 Å². The van der Waals surface area contributed by atoms with Crippen LogP contribution in [-0.4, -0.2) is 12.6 Å². The van der Waals surface area contributed by atoms with E-state index in [4.69, 9.17) is 9.47 Å². The summed E-state index contributed by atoms with van der Waals surface area (Å²) in [5.74, 6) is 0.352. The lowest BCUT2D eigenvalue weighted by Crippen LogP contribution is -1.99. The van der Waals surface area contributed by atoms with Gasteiger partial charge in [-0.15, -0.1) is 0 Å². The molecule has 4 heteroatoms. The molecule has 0 atom stereocenters. The highest BCUT2D eigenvalue weighted by Gasteiger charge is 2.03. The number of hydrogen-bond acceptors (Lipinski definition) is 3. The SMILES string of the molecule is C=CCOC(=O)/C=C/c1ccc(OCc2ccccc2)c(Br)c1. The Balaban J connectivity index is 1.96. The van der Waals surface area contributed by atoms with Crippen molar-refractivity contribution in [1.29, 1.82) is 0 Å². The molecule has 0 fully saturated rings. The largest absolute Gasteiger partial charge is 0.488 e. The average molecular weight is 373 g/mol. The fraction of sp³-hybridized carbons (Fsp3) is 0.105. The molecule has 0 N–H and O–H groups in total. The van der Waals surface area contributed by atoms with Crippen LogP contribution in [0.15, 0.2) is 71.7 Å². The number of rotatable bonds is 7. The molecule has 0 aliphatic heterocycles. The van der Waals surface area contributed by atoms with Gasteiger partial charge in [0.25, 0.3) is 0 Å². The van der Waals surface area contributed by atoms with Crippen molar-refractivity contribution in [1.82, 2.24) is 0 Å². The number of carbonyl (C=O) groups excluding carboxylic acids is 1. The van der Waals surface area contributed by atoms with Crippen molar-refractivity contribution in [2.75, 3.05) is 6.61 Å². The van der Waals surface area contributed by atoms with Gasteiger partial charge < -0.3 is 9.47 Å². The maximum Gasteiger partial charge on any atom is 0.331 e. The van der Waals surface area contributed by atoms with Crippen molar-refractivity contribution in [3.05, 3.63) is 82.9 Å². The fourth-order valence-electron chi connectivity index (χ4n) is 1.83. The zero-order valence-electron chi connectivity index (χ0n) is 12.6. The normalized spacial score (nSPS) is 10.5. The lowest BCUT2D eigenvalue weighted by molar-refractivity contribution is -0.136. The molecule has 0 saturated carbocycles. The summed E-state index contributed by atoms with van der Waals surface area (Å²) in [7, 11) is 0. The van der Waals surface area contributed by atoms with Gasteiger partial charge in [-0.2, -0.15) is 0 Å². The summed E-state index contributed by atoms with van der Waals surface area (Å²) in [6.07, 6.45) is 4.61. The molecule has 0 aliphatic rings. The minimum Gasteiger partial charge on any atom is -0.488 e. The number of ether oxygens (including phenoxy) is 2. The molecule has 118 valence electrons. The van der Waals surface area contributed by atoms with Crippen molar-refractivity contribution in [3.8, 4) is 5.75 Å². The molecule has 0 heterocycles. The molecule has 23 heavy (non-hydrogen) atoms. The predicted octanol–water partition coefficient (Wildman–Crippen LogP) is 4.77. The summed E-state index contributed by atoms with van der Waals surface area (Å²) in [5.41, 5.74) is 1.98. The first-order valence-electron chi connectivity index (χ1n) is 7.11. The minimum absolute atomic E-state index is 0.207. The minimum atomic E-state index is -0.398. The van der Waals surface area contributed by atoms with E-state index in [1.165, 1.54) is 12.2 Å². The second kappa shape index (κ2) is 8.96. The Morgan fingerprint density at radius 3 is 2.65 bits per heavy atom. The Hall–Kier alpha value is -2.33. The average Bonchev–Trinajstić information content (AvgIpc) is 2.58. The highest BCUT2D eigenvalue weighted by atomic mass is 79.9. The first kappa shape index (κ1) is 17.0. The third-order valence-electron chi connectivity index (χ3n) is 2.95.